The lowest BCUT2D eigenvalue weighted by Crippen LogP contribution is -2.58. The maximum absolute atomic E-state index is 12.3. The number of carbonyl (C=O) groups excluding carboxylic acids is 1. The second kappa shape index (κ2) is 5.02. The number of fused-ring (bicyclic) bond motifs is 2. The fourth-order valence-electron chi connectivity index (χ4n) is 3.24. The predicted octanol–water partition coefficient (Wildman–Crippen LogP) is 2.64. The minimum absolute atomic E-state index is 0.157. The minimum Gasteiger partial charge on any atom is -0.481 e. The second-order valence-electron chi connectivity index (χ2n) is 6.56. The molecule has 2 rings (SSSR count). The molecule has 0 spiro atoms. The van der Waals surface area contributed by atoms with Crippen LogP contribution >= 0.6 is 0 Å². The van der Waals surface area contributed by atoms with Crippen molar-refractivity contribution >= 4 is 12.1 Å². The fraction of sp³-hybridized carbons (Fsp3) is 0.857. The highest BCUT2D eigenvalue weighted by Gasteiger charge is 2.46. The molecule has 2 heterocycles. The van der Waals surface area contributed by atoms with Crippen molar-refractivity contribution < 1.29 is 19.4 Å². The third-order valence-electron chi connectivity index (χ3n) is 3.98. The van der Waals surface area contributed by atoms with E-state index in [1.54, 1.807) is 4.90 Å². The normalized spacial score (nSPS) is 30.9. The molecule has 0 radical (unpaired) electrons. The number of carboxylic acids is 1. The van der Waals surface area contributed by atoms with Gasteiger partial charge in [0.25, 0.3) is 0 Å². The zero-order chi connectivity index (χ0) is 14.2. The van der Waals surface area contributed by atoms with Crippen LogP contribution in [0.4, 0.5) is 4.79 Å². The highest BCUT2D eigenvalue weighted by Crippen LogP contribution is 2.38. The molecule has 5 heteroatoms. The summed E-state index contributed by atoms with van der Waals surface area (Å²) in [5.41, 5.74) is -0.540. The van der Waals surface area contributed by atoms with Gasteiger partial charge in [-0.2, -0.15) is 0 Å². The van der Waals surface area contributed by atoms with Crippen molar-refractivity contribution in [3.8, 4) is 0 Å². The summed E-state index contributed by atoms with van der Waals surface area (Å²) >= 11 is 0. The van der Waals surface area contributed by atoms with E-state index in [0.717, 1.165) is 25.7 Å². The predicted molar refractivity (Wildman–Crippen MR) is 69.9 cm³/mol. The molecule has 3 atom stereocenters. The summed E-state index contributed by atoms with van der Waals surface area (Å²) in [6, 6.07) is -0.0379. The molecule has 2 aliphatic heterocycles. The number of nitrogens with zero attached hydrogens (tertiary/aromatic N) is 1. The number of rotatable bonds is 1. The lowest BCUT2D eigenvalue weighted by atomic mass is 9.78. The van der Waals surface area contributed by atoms with E-state index < -0.39 is 17.5 Å². The molecule has 2 saturated heterocycles. The van der Waals surface area contributed by atoms with E-state index in [9.17, 15) is 14.7 Å². The van der Waals surface area contributed by atoms with Crippen molar-refractivity contribution in [1.29, 1.82) is 0 Å². The number of carboxylic acid groups (broad SMARTS) is 1. The lowest BCUT2D eigenvalue weighted by molar-refractivity contribution is -0.148. The van der Waals surface area contributed by atoms with E-state index in [-0.39, 0.29) is 18.2 Å². The number of ether oxygens (including phenoxy) is 1. The summed E-state index contributed by atoms with van der Waals surface area (Å²) < 4.78 is 5.44. The highest BCUT2D eigenvalue weighted by molar-refractivity contribution is 5.74. The Balaban J connectivity index is 2.17. The second-order valence-corrected chi connectivity index (χ2v) is 6.56. The Bertz CT molecular complexity index is 374. The van der Waals surface area contributed by atoms with E-state index in [0.29, 0.717) is 6.42 Å². The Hall–Kier alpha value is -1.26. The Kier molecular flexibility index (Phi) is 3.74. The summed E-state index contributed by atoms with van der Waals surface area (Å²) in [4.78, 5) is 25.3. The standard InChI is InChI=1S/C14H23NO4/c1-14(2,3)19-13(18)15-9-5-4-6-11(15)10(8-7-9)12(16)17/h9-11H,4-8H2,1-3H3,(H,16,17)/t9-,10-,11-/m0/s1. The quantitative estimate of drug-likeness (QED) is 0.794. The maximum Gasteiger partial charge on any atom is 0.410 e. The number of piperidine rings is 2. The topological polar surface area (TPSA) is 66.8 Å². The maximum atomic E-state index is 12.3. The summed E-state index contributed by atoms with van der Waals surface area (Å²) in [6.07, 6.45) is 3.82. The first-order valence-corrected chi connectivity index (χ1v) is 7.04. The SMILES string of the molecule is CC(C)(C)OC(=O)N1[C@H]2CCC[C@H]1[C@@H](C(=O)O)CC2. The van der Waals surface area contributed by atoms with Crippen molar-refractivity contribution in [2.24, 2.45) is 5.92 Å². The Morgan fingerprint density at radius 1 is 1.16 bits per heavy atom. The summed E-state index contributed by atoms with van der Waals surface area (Å²) in [5.74, 6) is -1.23. The molecule has 5 nitrogen and oxygen atoms in total. The van der Waals surface area contributed by atoms with Crippen molar-refractivity contribution in [2.45, 2.75) is 70.6 Å². The van der Waals surface area contributed by atoms with Crippen LogP contribution in [0, 0.1) is 5.92 Å². The Labute approximate surface area is 113 Å². The van der Waals surface area contributed by atoms with Gasteiger partial charge in [-0.05, 0) is 52.9 Å². The van der Waals surface area contributed by atoms with Gasteiger partial charge in [-0.15, -0.1) is 0 Å². The Morgan fingerprint density at radius 2 is 1.84 bits per heavy atom. The molecule has 0 aromatic rings. The van der Waals surface area contributed by atoms with Gasteiger partial charge in [0, 0.05) is 12.1 Å². The number of aliphatic carboxylic acids is 1. The number of carbonyl (C=O) groups is 2. The molecule has 108 valence electrons. The van der Waals surface area contributed by atoms with Crippen LogP contribution < -0.4 is 0 Å². The Morgan fingerprint density at radius 3 is 2.42 bits per heavy atom. The molecule has 2 aliphatic rings. The highest BCUT2D eigenvalue weighted by atomic mass is 16.6. The summed E-state index contributed by atoms with van der Waals surface area (Å²) in [7, 11) is 0. The molecule has 1 N–H and O–H groups in total. The molecule has 1 amide bonds. The number of hydrogen-bond donors (Lipinski definition) is 1. The monoisotopic (exact) mass is 269 g/mol. The summed E-state index contributed by atoms with van der Waals surface area (Å²) in [5, 5.41) is 9.30. The van der Waals surface area contributed by atoms with Crippen LogP contribution in [-0.4, -0.2) is 39.8 Å². The van der Waals surface area contributed by atoms with E-state index in [4.69, 9.17) is 4.74 Å². The van der Waals surface area contributed by atoms with Crippen LogP contribution in [0.5, 0.6) is 0 Å². The van der Waals surface area contributed by atoms with E-state index in [1.807, 2.05) is 20.8 Å². The smallest absolute Gasteiger partial charge is 0.410 e. The molecule has 0 saturated carbocycles. The largest absolute Gasteiger partial charge is 0.481 e. The first-order chi connectivity index (χ1) is 8.79. The van der Waals surface area contributed by atoms with Crippen LogP contribution in [-0.2, 0) is 9.53 Å². The first kappa shape index (κ1) is 14.2. The molecular weight excluding hydrogens is 246 g/mol. The first-order valence-electron chi connectivity index (χ1n) is 7.04. The van der Waals surface area contributed by atoms with Crippen molar-refractivity contribution in [3.05, 3.63) is 0 Å². The molecule has 0 aromatic carbocycles. The van der Waals surface area contributed by atoms with E-state index >= 15 is 0 Å². The van der Waals surface area contributed by atoms with Gasteiger partial charge in [0.05, 0.1) is 5.92 Å². The van der Waals surface area contributed by atoms with Gasteiger partial charge in [-0.3, -0.25) is 4.79 Å². The van der Waals surface area contributed by atoms with Crippen molar-refractivity contribution in [1.82, 2.24) is 4.90 Å². The fourth-order valence-corrected chi connectivity index (χ4v) is 3.24. The molecule has 2 fully saturated rings. The van der Waals surface area contributed by atoms with Crippen molar-refractivity contribution in [3.63, 3.8) is 0 Å². The molecule has 19 heavy (non-hydrogen) atoms. The van der Waals surface area contributed by atoms with Gasteiger partial charge in [0.2, 0.25) is 0 Å². The minimum atomic E-state index is -0.793. The molecule has 0 aliphatic carbocycles. The van der Waals surface area contributed by atoms with Crippen LogP contribution in [0.3, 0.4) is 0 Å². The van der Waals surface area contributed by atoms with Gasteiger partial charge in [0.15, 0.2) is 0 Å². The zero-order valence-electron chi connectivity index (χ0n) is 11.9. The number of amides is 1. The third kappa shape index (κ3) is 3.01. The van der Waals surface area contributed by atoms with Gasteiger partial charge < -0.3 is 14.7 Å². The average Bonchev–Trinajstić information content (AvgIpc) is 2.25. The lowest BCUT2D eigenvalue weighted by Gasteiger charge is -2.48. The van der Waals surface area contributed by atoms with Crippen LogP contribution in [0.25, 0.3) is 0 Å². The van der Waals surface area contributed by atoms with Gasteiger partial charge in [-0.1, -0.05) is 0 Å². The molecule has 2 bridgehead atoms. The van der Waals surface area contributed by atoms with Gasteiger partial charge in [-0.25, -0.2) is 4.79 Å². The summed E-state index contributed by atoms with van der Waals surface area (Å²) in [6.45, 7) is 5.50. The van der Waals surface area contributed by atoms with E-state index in [2.05, 4.69) is 0 Å². The van der Waals surface area contributed by atoms with Gasteiger partial charge in [0.1, 0.15) is 5.60 Å². The van der Waals surface area contributed by atoms with E-state index in [1.165, 1.54) is 0 Å². The van der Waals surface area contributed by atoms with Gasteiger partial charge >= 0.3 is 12.1 Å². The average molecular weight is 269 g/mol. The van der Waals surface area contributed by atoms with Crippen LogP contribution in [0.15, 0.2) is 0 Å². The zero-order valence-corrected chi connectivity index (χ0v) is 11.9. The molecule has 0 unspecified atom stereocenters. The van der Waals surface area contributed by atoms with Crippen molar-refractivity contribution in [2.75, 3.05) is 0 Å². The number of hydrogen-bond acceptors (Lipinski definition) is 3. The molecular formula is C14H23NO4. The third-order valence-corrected chi connectivity index (χ3v) is 3.98. The van der Waals surface area contributed by atoms with Crippen LogP contribution in [0.2, 0.25) is 0 Å². The molecule has 0 aromatic heterocycles. The van der Waals surface area contributed by atoms with Crippen LogP contribution in [0.1, 0.15) is 52.9 Å².